The number of carbonyl (C=O) groups is 1. The van der Waals surface area contributed by atoms with Crippen molar-refractivity contribution in [3.05, 3.63) is 69.2 Å². The number of benzene rings is 2. The molecule has 0 aliphatic carbocycles. The molecule has 2 rings (SSSR count). The number of amides is 1. The molecule has 7 heteroatoms. The number of carbonyl (C=O) groups excluding carboxylic acids is 1. The van der Waals surface area contributed by atoms with Gasteiger partial charge in [0.15, 0.2) is 0 Å². The Hall–Kier alpha value is -2.05. The van der Waals surface area contributed by atoms with E-state index in [4.69, 9.17) is 11.6 Å². The van der Waals surface area contributed by atoms with Crippen molar-refractivity contribution in [2.24, 2.45) is 0 Å². The lowest BCUT2D eigenvalue weighted by Gasteiger charge is -2.12. The molecule has 0 aromatic heterocycles. The number of rotatable bonds is 6. The molecular weight excluding hydrogens is 336 g/mol. The molecule has 0 aliphatic rings. The van der Waals surface area contributed by atoms with Crippen molar-refractivity contribution in [3.63, 3.8) is 0 Å². The lowest BCUT2D eigenvalue weighted by molar-refractivity contribution is -0.384. The molecule has 2 aromatic carbocycles. The highest BCUT2D eigenvalue weighted by molar-refractivity contribution is 7.99. The summed E-state index contributed by atoms with van der Waals surface area (Å²) in [5.74, 6) is 0.560. The SMILES string of the molecule is CC(SCc1ccc(Cl)cc1)C(=O)Nc1ccc([N+](=O)[O-])cc1. The highest BCUT2D eigenvalue weighted by atomic mass is 35.5. The number of nitrogens with zero attached hydrogens (tertiary/aromatic N) is 1. The first-order valence-corrected chi connectivity index (χ1v) is 8.30. The summed E-state index contributed by atoms with van der Waals surface area (Å²) < 4.78 is 0. The van der Waals surface area contributed by atoms with Gasteiger partial charge >= 0.3 is 0 Å². The molecule has 0 saturated carbocycles. The molecule has 0 heterocycles. The molecule has 0 fully saturated rings. The summed E-state index contributed by atoms with van der Waals surface area (Å²) in [5.41, 5.74) is 1.63. The molecule has 0 saturated heterocycles. The van der Waals surface area contributed by atoms with Crippen LogP contribution >= 0.6 is 23.4 Å². The van der Waals surface area contributed by atoms with Crippen LogP contribution in [0.15, 0.2) is 48.5 Å². The van der Waals surface area contributed by atoms with Gasteiger partial charge in [-0.15, -0.1) is 11.8 Å². The minimum atomic E-state index is -0.476. The van der Waals surface area contributed by atoms with Crippen LogP contribution < -0.4 is 5.32 Å². The molecule has 1 N–H and O–H groups in total. The summed E-state index contributed by atoms with van der Waals surface area (Å²) in [5, 5.41) is 13.8. The quantitative estimate of drug-likeness (QED) is 0.614. The first-order valence-electron chi connectivity index (χ1n) is 6.87. The molecule has 23 heavy (non-hydrogen) atoms. The summed E-state index contributed by atoms with van der Waals surface area (Å²) in [6.07, 6.45) is 0. The minimum Gasteiger partial charge on any atom is -0.325 e. The fourth-order valence-electron chi connectivity index (χ4n) is 1.79. The van der Waals surface area contributed by atoms with Gasteiger partial charge in [0, 0.05) is 28.6 Å². The van der Waals surface area contributed by atoms with Crippen molar-refractivity contribution in [1.82, 2.24) is 0 Å². The Balaban J connectivity index is 1.86. The van der Waals surface area contributed by atoms with Gasteiger partial charge in [0.25, 0.3) is 5.69 Å². The van der Waals surface area contributed by atoms with Crippen LogP contribution in [-0.4, -0.2) is 16.1 Å². The summed E-state index contributed by atoms with van der Waals surface area (Å²) in [4.78, 5) is 22.2. The smallest absolute Gasteiger partial charge is 0.269 e. The van der Waals surface area contributed by atoms with E-state index >= 15 is 0 Å². The highest BCUT2D eigenvalue weighted by Gasteiger charge is 2.14. The standard InChI is InChI=1S/C16H15ClN2O3S/c1-11(23-10-12-2-4-13(17)5-3-12)16(20)18-14-6-8-15(9-7-14)19(21)22/h2-9,11H,10H2,1H3,(H,18,20). The summed E-state index contributed by atoms with van der Waals surface area (Å²) in [6, 6.07) is 13.3. The predicted octanol–water partition coefficient (Wildman–Crippen LogP) is 4.51. The molecule has 0 radical (unpaired) electrons. The summed E-state index contributed by atoms with van der Waals surface area (Å²) in [6.45, 7) is 1.82. The third-order valence-electron chi connectivity index (χ3n) is 3.13. The van der Waals surface area contributed by atoms with E-state index in [9.17, 15) is 14.9 Å². The van der Waals surface area contributed by atoms with Gasteiger partial charge in [-0.25, -0.2) is 0 Å². The Kier molecular flexibility index (Phi) is 6.01. The van der Waals surface area contributed by atoms with E-state index in [0.717, 1.165) is 5.56 Å². The van der Waals surface area contributed by atoms with Gasteiger partial charge in [0.2, 0.25) is 5.91 Å². The largest absolute Gasteiger partial charge is 0.325 e. The zero-order valence-corrected chi connectivity index (χ0v) is 13.9. The lowest BCUT2D eigenvalue weighted by atomic mass is 10.2. The van der Waals surface area contributed by atoms with Crippen LogP contribution in [0, 0.1) is 10.1 Å². The van der Waals surface area contributed by atoms with Gasteiger partial charge < -0.3 is 5.32 Å². The number of nitrogens with one attached hydrogen (secondary N) is 1. The van der Waals surface area contributed by atoms with Crippen molar-refractivity contribution < 1.29 is 9.72 Å². The molecule has 1 amide bonds. The van der Waals surface area contributed by atoms with E-state index in [-0.39, 0.29) is 16.8 Å². The van der Waals surface area contributed by atoms with E-state index < -0.39 is 4.92 Å². The number of anilines is 1. The van der Waals surface area contributed by atoms with E-state index in [1.54, 1.807) is 0 Å². The van der Waals surface area contributed by atoms with Gasteiger partial charge in [-0.05, 0) is 36.8 Å². The van der Waals surface area contributed by atoms with E-state index in [0.29, 0.717) is 16.5 Å². The highest BCUT2D eigenvalue weighted by Crippen LogP contribution is 2.21. The van der Waals surface area contributed by atoms with Crippen LogP contribution in [0.1, 0.15) is 12.5 Å². The van der Waals surface area contributed by atoms with Crippen LogP contribution in [0.5, 0.6) is 0 Å². The summed E-state index contributed by atoms with van der Waals surface area (Å²) in [7, 11) is 0. The van der Waals surface area contributed by atoms with Crippen molar-refractivity contribution >= 4 is 40.6 Å². The fraction of sp³-hybridized carbons (Fsp3) is 0.188. The Morgan fingerprint density at radius 1 is 1.22 bits per heavy atom. The van der Waals surface area contributed by atoms with Gasteiger partial charge in [-0.2, -0.15) is 0 Å². The van der Waals surface area contributed by atoms with Gasteiger partial charge in [0.05, 0.1) is 10.2 Å². The van der Waals surface area contributed by atoms with Crippen molar-refractivity contribution in [3.8, 4) is 0 Å². The Morgan fingerprint density at radius 2 is 1.83 bits per heavy atom. The Bertz CT molecular complexity index is 689. The second-order valence-corrected chi connectivity index (χ2v) is 6.64. The first-order chi connectivity index (χ1) is 11.0. The van der Waals surface area contributed by atoms with Crippen molar-refractivity contribution in [2.75, 3.05) is 5.32 Å². The fourth-order valence-corrected chi connectivity index (χ4v) is 2.76. The van der Waals surface area contributed by atoms with Crippen LogP contribution in [0.25, 0.3) is 0 Å². The predicted molar refractivity (Wildman–Crippen MR) is 93.9 cm³/mol. The third kappa shape index (κ3) is 5.26. The van der Waals surface area contributed by atoms with Crippen LogP contribution in [0.2, 0.25) is 5.02 Å². The molecule has 0 spiro atoms. The number of halogens is 1. The second kappa shape index (κ2) is 7.99. The minimum absolute atomic E-state index is 0.00633. The number of hydrogen-bond acceptors (Lipinski definition) is 4. The zero-order chi connectivity index (χ0) is 16.8. The molecule has 0 bridgehead atoms. The number of nitro groups is 1. The Morgan fingerprint density at radius 3 is 2.39 bits per heavy atom. The summed E-state index contributed by atoms with van der Waals surface area (Å²) >= 11 is 7.34. The van der Waals surface area contributed by atoms with Gasteiger partial charge in [-0.1, -0.05) is 23.7 Å². The topological polar surface area (TPSA) is 72.2 Å². The van der Waals surface area contributed by atoms with E-state index in [1.807, 2.05) is 31.2 Å². The van der Waals surface area contributed by atoms with Crippen LogP contribution in [0.3, 0.4) is 0 Å². The number of nitro benzene ring substituents is 1. The maximum Gasteiger partial charge on any atom is 0.269 e. The van der Waals surface area contributed by atoms with Crippen LogP contribution in [-0.2, 0) is 10.5 Å². The molecule has 1 unspecified atom stereocenters. The van der Waals surface area contributed by atoms with Crippen LogP contribution in [0.4, 0.5) is 11.4 Å². The number of hydrogen-bond donors (Lipinski definition) is 1. The van der Waals surface area contributed by atoms with Crippen molar-refractivity contribution in [1.29, 1.82) is 0 Å². The second-order valence-electron chi connectivity index (χ2n) is 4.87. The third-order valence-corrected chi connectivity index (χ3v) is 4.59. The number of non-ortho nitro benzene ring substituents is 1. The first kappa shape index (κ1) is 17.3. The molecule has 120 valence electrons. The lowest BCUT2D eigenvalue weighted by Crippen LogP contribution is -2.22. The molecule has 1 atom stereocenters. The zero-order valence-electron chi connectivity index (χ0n) is 12.4. The monoisotopic (exact) mass is 350 g/mol. The van der Waals surface area contributed by atoms with Crippen molar-refractivity contribution in [2.45, 2.75) is 17.9 Å². The van der Waals surface area contributed by atoms with Gasteiger partial charge in [-0.3, -0.25) is 14.9 Å². The Labute approximate surface area is 143 Å². The van der Waals surface area contributed by atoms with E-state index in [1.165, 1.54) is 36.0 Å². The average Bonchev–Trinajstić information content (AvgIpc) is 2.54. The maximum absolute atomic E-state index is 12.1. The van der Waals surface area contributed by atoms with Gasteiger partial charge in [0.1, 0.15) is 0 Å². The number of thioether (sulfide) groups is 1. The molecular formula is C16H15ClN2O3S. The normalized spacial score (nSPS) is 11.7. The average molecular weight is 351 g/mol. The molecule has 5 nitrogen and oxygen atoms in total. The molecule has 0 aliphatic heterocycles. The van der Waals surface area contributed by atoms with E-state index in [2.05, 4.69) is 5.32 Å². The molecule has 2 aromatic rings. The maximum atomic E-state index is 12.1.